The van der Waals surface area contributed by atoms with Gasteiger partial charge in [0.2, 0.25) is 0 Å². The van der Waals surface area contributed by atoms with E-state index in [1.807, 2.05) is 24.3 Å². The number of nitrogens with two attached hydrogens (primary N) is 1. The lowest BCUT2D eigenvalue weighted by atomic mass is 10.1. The molecule has 0 radical (unpaired) electrons. The topological polar surface area (TPSA) is 58.4 Å². The van der Waals surface area contributed by atoms with Crippen LogP contribution in [0.25, 0.3) is 0 Å². The molecule has 0 saturated carbocycles. The summed E-state index contributed by atoms with van der Waals surface area (Å²) in [5.41, 5.74) is 8.58. The molecule has 5 heteroatoms. The van der Waals surface area contributed by atoms with Crippen LogP contribution in [0, 0.1) is 0 Å². The number of amides is 1. The fraction of sp³-hybridized carbons (Fsp3) is 0.133. The number of carbonyl (C=O) groups is 1. The van der Waals surface area contributed by atoms with Crippen molar-refractivity contribution in [3.63, 3.8) is 0 Å². The summed E-state index contributed by atoms with van der Waals surface area (Å²) in [6.45, 7) is 0. The van der Waals surface area contributed by atoms with Crippen molar-refractivity contribution in [2.45, 2.75) is 0 Å². The molecule has 0 fully saturated rings. The maximum atomic E-state index is 12.2. The summed E-state index contributed by atoms with van der Waals surface area (Å²) in [6, 6.07) is 12.9. The molecular formula is C15H16BrN3O. The van der Waals surface area contributed by atoms with E-state index in [0.717, 1.165) is 10.2 Å². The molecule has 2 aromatic carbocycles. The molecule has 4 nitrogen and oxygen atoms in total. The molecule has 0 bridgehead atoms. The number of anilines is 3. The Morgan fingerprint density at radius 3 is 2.50 bits per heavy atom. The third-order valence-corrected chi connectivity index (χ3v) is 3.51. The molecule has 1 amide bonds. The summed E-state index contributed by atoms with van der Waals surface area (Å²) < 4.78 is 0.922. The Morgan fingerprint density at radius 2 is 1.85 bits per heavy atom. The van der Waals surface area contributed by atoms with Gasteiger partial charge in [-0.05, 0) is 46.3 Å². The van der Waals surface area contributed by atoms with Crippen molar-refractivity contribution in [1.82, 2.24) is 4.90 Å². The summed E-state index contributed by atoms with van der Waals surface area (Å²) in [5.74, 6) is -0.0699. The van der Waals surface area contributed by atoms with Crippen LogP contribution in [-0.4, -0.2) is 24.9 Å². The average Bonchev–Trinajstić information content (AvgIpc) is 2.41. The van der Waals surface area contributed by atoms with Gasteiger partial charge >= 0.3 is 0 Å². The summed E-state index contributed by atoms with van der Waals surface area (Å²) in [7, 11) is 3.45. The van der Waals surface area contributed by atoms with E-state index in [2.05, 4.69) is 21.2 Å². The Kier molecular flexibility index (Phi) is 4.29. The van der Waals surface area contributed by atoms with E-state index >= 15 is 0 Å². The largest absolute Gasteiger partial charge is 0.399 e. The molecule has 0 aliphatic carbocycles. The van der Waals surface area contributed by atoms with Gasteiger partial charge in [0.15, 0.2) is 0 Å². The van der Waals surface area contributed by atoms with Gasteiger partial charge in [0.25, 0.3) is 5.91 Å². The summed E-state index contributed by atoms with van der Waals surface area (Å²) in [6.07, 6.45) is 0. The zero-order chi connectivity index (χ0) is 14.7. The van der Waals surface area contributed by atoms with Gasteiger partial charge < -0.3 is 16.0 Å². The molecule has 0 saturated heterocycles. The van der Waals surface area contributed by atoms with Crippen molar-refractivity contribution >= 4 is 38.9 Å². The molecule has 0 aromatic heterocycles. The Morgan fingerprint density at radius 1 is 1.15 bits per heavy atom. The third-order valence-electron chi connectivity index (χ3n) is 2.82. The highest BCUT2D eigenvalue weighted by Crippen LogP contribution is 2.29. The van der Waals surface area contributed by atoms with Crippen molar-refractivity contribution in [2.75, 3.05) is 25.1 Å². The molecule has 0 unspecified atom stereocenters. The molecule has 0 aliphatic rings. The van der Waals surface area contributed by atoms with Crippen LogP contribution in [-0.2, 0) is 0 Å². The van der Waals surface area contributed by atoms with Crippen LogP contribution in [0.15, 0.2) is 46.9 Å². The van der Waals surface area contributed by atoms with Crippen LogP contribution in [0.5, 0.6) is 0 Å². The van der Waals surface area contributed by atoms with E-state index in [9.17, 15) is 4.79 Å². The molecular weight excluding hydrogens is 318 g/mol. The van der Waals surface area contributed by atoms with Crippen LogP contribution in [0.4, 0.5) is 17.1 Å². The predicted octanol–water partition coefficient (Wildman–Crippen LogP) is 3.48. The van der Waals surface area contributed by atoms with Gasteiger partial charge in [-0.2, -0.15) is 0 Å². The first-order chi connectivity index (χ1) is 9.49. The number of carbonyl (C=O) groups excluding carboxylic acids is 1. The summed E-state index contributed by atoms with van der Waals surface area (Å²) in [5, 5.41) is 3.24. The van der Waals surface area contributed by atoms with Crippen LogP contribution in [0.3, 0.4) is 0 Å². The summed E-state index contributed by atoms with van der Waals surface area (Å²) in [4.78, 5) is 13.7. The molecule has 0 spiro atoms. The molecule has 104 valence electrons. The third kappa shape index (κ3) is 3.11. The number of halogens is 1. The highest BCUT2D eigenvalue weighted by atomic mass is 79.9. The zero-order valence-electron chi connectivity index (χ0n) is 11.4. The first kappa shape index (κ1) is 14.4. The van der Waals surface area contributed by atoms with Crippen LogP contribution < -0.4 is 11.1 Å². The Bertz CT molecular complexity index is 641. The summed E-state index contributed by atoms with van der Waals surface area (Å²) >= 11 is 3.47. The maximum Gasteiger partial charge on any atom is 0.255 e. The molecule has 2 aromatic rings. The van der Waals surface area contributed by atoms with E-state index < -0.39 is 0 Å². The van der Waals surface area contributed by atoms with E-state index in [-0.39, 0.29) is 5.91 Å². The fourth-order valence-corrected chi connectivity index (χ4v) is 2.18. The van der Waals surface area contributed by atoms with Crippen molar-refractivity contribution in [2.24, 2.45) is 0 Å². The number of para-hydroxylation sites is 1. The number of nitrogens with one attached hydrogen (secondary N) is 1. The number of nitrogen functional groups attached to an aromatic ring is 1. The number of hydrogen-bond acceptors (Lipinski definition) is 3. The van der Waals surface area contributed by atoms with Gasteiger partial charge in [-0.3, -0.25) is 4.79 Å². The van der Waals surface area contributed by atoms with Crippen LogP contribution in [0.1, 0.15) is 10.4 Å². The molecule has 0 heterocycles. The first-order valence-corrected chi connectivity index (χ1v) is 6.91. The lowest BCUT2D eigenvalue weighted by Crippen LogP contribution is -2.22. The lowest BCUT2D eigenvalue weighted by Gasteiger charge is -2.16. The second-order valence-electron chi connectivity index (χ2n) is 4.61. The van der Waals surface area contributed by atoms with Crippen molar-refractivity contribution in [3.05, 3.63) is 52.5 Å². The second-order valence-corrected chi connectivity index (χ2v) is 5.46. The standard InChI is InChI=1S/C15H16BrN3O/c1-19(2)15(20)11-8-7-10(17)9-14(11)18-13-6-4-3-5-12(13)16/h3-9,18H,17H2,1-2H3. The minimum absolute atomic E-state index is 0.0699. The van der Waals surface area contributed by atoms with Crippen molar-refractivity contribution in [3.8, 4) is 0 Å². The zero-order valence-corrected chi connectivity index (χ0v) is 12.9. The van der Waals surface area contributed by atoms with E-state index in [1.165, 1.54) is 4.90 Å². The first-order valence-electron chi connectivity index (χ1n) is 6.12. The van der Waals surface area contributed by atoms with E-state index in [1.54, 1.807) is 32.3 Å². The predicted molar refractivity (Wildman–Crippen MR) is 86.3 cm³/mol. The van der Waals surface area contributed by atoms with E-state index in [4.69, 9.17) is 5.73 Å². The number of nitrogens with zero attached hydrogens (tertiary/aromatic N) is 1. The SMILES string of the molecule is CN(C)C(=O)c1ccc(N)cc1Nc1ccccc1Br. The van der Waals surface area contributed by atoms with E-state index in [0.29, 0.717) is 16.9 Å². The smallest absolute Gasteiger partial charge is 0.255 e. The second kappa shape index (κ2) is 5.96. The Hall–Kier alpha value is -2.01. The molecule has 3 N–H and O–H groups in total. The minimum atomic E-state index is -0.0699. The van der Waals surface area contributed by atoms with Crippen LogP contribution in [0.2, 0.25) is 0 Å². The Labute approximate surface area is 126 Å². The maximum absolute atomic E-state index is 12.2. The number of rotatable bonds is 3. The minimum Gasteiger partial charge on any atom is -0.399 e. The quantitative estimate of drug-likeness (QED) is 0.845. The monoisotopic (exact) mass is 333 g/mol. The highest BCUT2D eigenvalue weighted by Gasteiger charge is 2.14. The molecule has 20 heavy (non-hydrogen) atoms. The van der Waals surface area contributed by atoms with Gasteiger partial charge in [0.05, 0.1) is 16.9 Å². The van der Waals surface area contributed by atoms with Crippen LogP contribution >= 0.6 is 15.9 Å². The van der Waals surface area contributed by atoms with Gasteiger partial charge in [-0.15, -0.1) is 0 Å². The van der Waals surface area contributed by atoms with Gasteiger partial charge in [-0.1, -0.05) is 12.1 Å². The molecule has 0 atom stereocenters. The molecule has 0 aliphatic heterocycles. The van der Waals surface area contributed by atoms with Gasteiger partial charge in [0.1, 0.15) is 0 Å². The average molecular weight is 334 g/mol. The highest BCUT2D eigenvalue weighted by molar-refractivity contribution is 9.10. The number of benzene rings is 2. The van der Waals surface area contributed by atoms with Crippen molar-refractivity contribution < 1.29 is 4.79 Å². The number of hydrogen-bond donors (Lipinski definition) is 2. The van der Waals surface area contributed by atoms with Gasteiger partial charge in [0, 0.05) is 24.3 Å². The Balaban J connectivity index is 2.43. The lowest BCUT2D eigenvalue weighted by molar-refractivity contribution is 0.0828. The molecule has 2 rings (SSSR count). The normalized spacial score (nSPS) is 10.2. The van der Waals surface area contributed by atoms with Crippen molar-refractivity contribution in [1.29, 1.82) is 0 Å². The van der Waals surface area contributed by atoms with Gasteiger partial charge in [-0.25, -0.2) is 0 Å². The fourth-order valence-electron chi connectivity index (χ4n) is 1.80.